The van der Waals surface area contributed by atoms with Crippen molar-refractivity contribution in [2.24, 2.45) is 0 Å². The Bertz CT molecular complexity index is 589. The van der Waals surface area contributed by atoms with Gasteiger partial charge in [-0.25, -0.2) is 0 Å². The van der Waals surface area contributed by atoms with Crippen LogP contribution in [-0.2, 0) is 6.42 Å². The van der Waals surface area contributed by atoms with Crippen LogP contribution in [0.3, 0.4) is 0 Å². The van der Waals surface area contributed by atoms with Crippen molar-refractivity contribution < 1.29 is 4.74 Å². The Hall–Kier alpha value is -1.80. The summed E-state index contributed by atoms with van der Waals surface area (Å²) in [7, 11) is 1.73. The number of benzene rings is 2. The summed E-state index contributed by atoms with van der Waals surface area (Å²) in [4.78, 5) is 0. The van der Waals surface area contributed by atoms with Crippen molar-refractivity contribution >= 4 is 0 Å². The van der Waals surface area contributed by atoms with Gasteiger partial charge in [-0.1, -0.05) is 49.7 Å². The summed E-state index contributed by atoms with van der Waals surface area (Å²) in [6.07, 6.45) is 2.28. The van der Waals surface area contributed by atoms with Crippen LogP contribution in [0.2, 0.25) is 0 Å². The normalized spacial score (nSPS) is 16.8. The Morgan fingerprint density at radius 1 is 1.05 bits per heavy atom. The molecule has 118 valence electrons. The van der Waals surface area contributed by atoms with Crippen LogP contribution >= 0.6 is 0 Å². The Kier molecular flexibility index (Phi) is 6.02. The molecule has 0 aromatic heterocycles. The number of rotatable bonds is 2. The van der Waals surface area contributed by atoms with Gasteiger partial charge in [0.1, 0.15) is 5.75 Å². The molecule has 3 rings (SSSR count). The van der Waals surface area contributed by atoms with Crippen molar-refractivity contribution in [2.45, 2.75) is 39.7 Å². The maximum atomic E-state index is 5.36. The molecule has 0 saturated heterocycles. The lowest BCUT2D eigenvalue weighted by Gasteiger charge is -2.20. The van der Waals surface area contributed by atoms with Crippen LogP contribution in [0.1, 0.15) is 48.6 Å². The zero-order chi connectivity index (χ0) is 15.9. The Morgan fingerprint density at radius 3 is 2.45 bits per heavy atom. The molecule has 1 atom stereocenters. The Morgan fingerprint density at radius 2 is 1.77 bits per heavy atom. The van der Waals surface area contributed by atoms with E-state index in [1.165, 1.54) is 28.7 Å². The van der Waals surface area contributed by atoms with Crippen molar-refractivity contribution in [1.82, 2.24) is 5.32 Å². The first kappa shape index (κ1) is 16.6. The molecule has 0 fully saturated rings. The highest BCUT2D eigenvalue weighted by Crippen LogP contribution is 2.30. The molecule has 0 amide bonds. The van der Waals surface area contributed by atoms with Crippen LogP contribution in [0.4, 0.5) is 0 Å². The van der Waals surface area contributed by atoms with Gasteiger partial charge in [-0.2, -0.15) is 0 Å². The lowest BCUT2D eigenvalue weighted by atomic mass is 9.93. The van der Waals surface area contributed by atoms with Crippen molar-refractivity contribution in [2.75, 3.05) is 13.7 Å². The van der Waals surface area contributed by atoms with Crippen LogP contribution in [0.5, 0.6) is 5.75 Å². The monoisotopic (exact) mass is 297 g/mol. The molecule has 2 nitrogen and oxygen atoms in total. The van der Waals surface area contributed by atoms with Gasteiger partial charge in [-0.3, -0.25) is 0 Å². The number of hydrogen-bond donors (Lipinski definition) is 1. The van der Waals surface area contributed by atoms with E-state index < -0.39 is 0 Å². The van der Waals surface area contributed by atoms with Gasteiger partial charge in [-0.05, 0) is 55.1 Å². The molecule has 0 aliphatic carbocycles. The third-order valence-corrected chi connectivity index (χ3v) is 4.04. The highest BCUT2D eigenvalue weighted by molar-refractivity contribution is 5.43. The summed E-state index contributed by atoms with van der Waals surface area (Å²) >= 11 is 0. The number of ether oxygens (including phenoxy) is 1. The van der Waals surface area contributed by atoms with Crippen LogP contribution in [0, 0.1) is 6.92 Å². The maximum absolute atomic E-state index is 5.36. The zero-order valence-corrected chi connectivity index (χ0v) is 14.1. The van der Waals surface area contributed by atoms with Crippen LogP contribution in [-0.4, -0.2) is 13.7 Å². The molecule has 22 heavy (non-hydrogen) atoms. The molecular formula is C20H27NO. The highest BCUT2D eigenvalue weighted by atomic mass is 16.5. The van der Waals surface area contributed by atoms with Gasteiger partial charge in [0.2, 0.25) is 0 Å². The average molecular weight is 297 g/mol. The minimum absolute atomic E-state index is 0.291. The van der Waals surface area contributed by atoms with Gasteiger partial charge in [0, 0.05) is 0 Å². The number of nitrogens with one attached hydrogen (secondary N) is 1. The third-order valence-electron chi connectivity index (χ3n) is 4.04. The largest absolute Gasteiger partial charge is 0.497 e. The number of hydrogen-bond acceptors (Lipinski definition) is 2. The van der Waals surface area contributed by atoms with E-state index in [-0.39, 0.29) is 0 Å². The van der Waals surface area contributed by atoms with E-state index in [4.69, 9.17) is 4.74 Å². The summed E-state index contributed by atoms with van der Waals surface area (Å²) in [6, 6.07) is 15.6. The first-order chi connectivity index (χ1) is 10.8. The molecule has 1 unspecified atom stereocenters. The summed E-state index contributed by atoms with van der Waals surface area (Å²) in [5.74, 6) is 0.952. The lowest BCUT2D eigenvalue weighted by Crippen LogP contribution is -2.22. The number of methoxy groups -OCH3 is 1. The second-order valence-electron chi connectivity index (χ2n) is 5.47. The molecule has 2 aromatic rings. The SMILES string of the molecule is CC.COc1ccc2c(c1)CCCNC2c1ccc(C)cc1. The van der Waals surface area contributed by atoms with E-state index in [2.05, 4.69) is 54.7 Å². The Balaban J connectivity index is 0.000000847. The van der Waals surface area contributed by atoms with Crippen LogP contribution in [0.25, 0.3) is 0 Å². The van der Waals surface area contributed by atoms with Crippen molar-refractivity contribution in [3.63, 3.8) is 0 Å². The molecular weight excluding hydrogens is 270 g/mol. The fourth-order valence-corrected chi connectivity index (χ4v) is 2.90. The molecule has 2 heteroatoms. The third kappa shape index (κ3) is 3.69. The smallest absolute Gasteiger partial charge is 0.119 e. The van der Waals surface area contributed by atoms with Crippen LogP contribution < -0.4 is 10.1 Å². The van der Waals surface area contributed by atoms with E-state index in [1.54, 1.807) is 7.11 Å². The van der Waals surface area contributed by atoms with E-state index in [9.17, 15) is 0 Å². The summed E-state index contributed by atoms with van der Waals surface area (Å²) in [5, 5.41) is 3.67. The molecule has 0 radical (unpaired) electrons. The second-order valence-corrected chi connectivity index (χ2v) is 5.47. The minimum Gasteiger partial charge on any atom is -0.497 e. The first-order valence-corrected chi connectivity index (χ1v) is 8.24. The fourth-order valence-electron chi connectivity index (χ4n) is 2.90. The first-order valence-electron chi connectivity index (χ1n) is 8.24. The average Bonchev–Trinajstić information content (AvgIpc) is 2.79. The molecule has 2 aromatic carbocycles. The van der Waals surface area contributed by atoms with Gasteiger partial charge in [-0.15, -0.1) is 0 Å². The number of fused-ring (bicyclic) bond motifs is 1. The Labute approximate surface area is 134 Å². The predicted molar refractivity (Wildman–Crippen MR) is 93.7 cm³/mol. The fraction of sp³-hybridized carbons (Fsp3) is 0.400. The lowest BCUT2D eigenvalue weighted by molar-refractivity contribution is 0.414. The summed E-state index contributed by atoms with van der Waals surface area (Å²) < 4.78 is 5.36. The van der Waals surface area contributed by atoms with Gasteiger partial charge >= 0.3 is 0 Å². The van der Waals surface area contributed by atoms with E-state index in [0.717, 1.165) is 18.7 Å². The van der Waals surface area contributed by atoms with E-state index in [1.807, 2.05) is 13.8 Å². The van der Waals surface area contributed by atoms with Crippen molar-refractivity contribution in [3.8, 4) is 5.75 Å². The maximum Gasteiger partial charge on any atom is 0.119 e. The predicted octanol–water partition coefficient (Wildman–Crippen LogP) is 4.66. The molecule has 1 aliphatic rings. The van der Waals surface area contributed by atoms with Crippen LogP contribution in [0.15, 0.2) is 42.5 Å². The van der Waals surface area contributed by atoms with Gasteiger partial charge in [0.15, 0.2) is 0 Å². The van der Waals surface area contributed by atoms with Gasteiger partial charge in [0.05, 0.1) is 13.2 Å². The van der Waals surface area contributed by atoms with Gasteiger partial charge < -0.3 is 10.1 Å². The second kappa shape index (κ2) is 8.00. The van der Waals surface area contributed by atoms with Gasteiger partial charge in [0.25, 0.3) is 0 Å². The molecule has 0 bridgehead atoms. The van der Waals surface area contributed by atoms with E-state index >= 15 is 0 Å². The molecule has 0 saturated carbocycles. The van der Waals surface area contributed by atoms with Crippen molar-refractivity contribution in [3.05, 3.63) is 64.7 Å². The van der Waals surface area contributed by atoms with E-state index in [0.29, 0.717) is 6.04 Å². The minimum atomic E-state index is 0.291. The zero-order valence-electron chi connectivity index (χ0n) is 14.1. The highest BCUT2D eigenvalue weighted by Gasteiger charge is 2.20. The standard InChI is InChI=1S/C18H21NO.C2H6/c1-13-5-7-14(8-6-13)18-17-10-9-16(20-2)12-15(17)4-3-11-19-18;1-2/h5-10,12,18-19H,3-4,11H2,1-2H3;1-2H3. The number of aryl methyl sites for hydroxylation is 2. The van der Waals surface area contributed by atoms with Crippen molar-refractivity contribution in [1.29, 1.82) is 0 Å². The molecule has 1 aliphatic heterocycles. The summed E-state index contributed by atoms with van der Waals surface area (Å²) in [6.45, 7) is 7.18. The summed E-state index contributed by atoms with van der Waals surface area (Å²) in [5.41, 5.74) is 5.42. The molecule has 1 N–H and O–H groups in total. The molecule has 0 spiro atoms. The quantitative estimate of drug-likeness (QED) is 0.871. The topological polar surface area (TPSA) is 21.3 Å². The molecule has 1 heterocycles.